The number of piperidine rings is 1. The van der Waals surface area contributed by atoms with Crippen LogP contribution < -0.4 is 0 Å². The Hall–Kier alpha value is -1.92. The summed E-state index contributed by atoms with van der Waals surface area (Å²) in [5.41, 5.74) is -1.14. The number of carbonyl (C=O) groups excluding carboxylic acids is 4. The van der Waals surface area contributed by atoms with Crippen molar-refractivity contribution in [3.63, 3.8) is 0 Å². The molecule has 0 aliphatic carbocycles. The molecule has 0 aromatic carbocycles. The smallest absolute Gasteiger partial charge is 0.328 e. The van der Waals surface area contributed by atoms with Crippen LogP contribution in [0, 0.1) is 5.41 Å². The molecular formula is C24H39NO6. The minimum Gasteiger partial charge on any atom is -0.465 e. The monoisotopic (exact) mass is 437 g/mol. The van der Waals surface area contributed by atoms with E-state index in [4.69, 9.17) is 9.47 Å². The molecule has 0 N–H and O–H groups in total. The van der Waals surface area contributed by atoms with Crippen LogP contribution in [0.15, 0.2) is 0 Å². The molecular weight excluding hydrogens is 398 g/mol. The summed E-state index contributed by atoms with van der Waals surface area (Å²) in [6.07, 6.45) is 11.7. The zero-order valence-electron chi connectivity index (χ0n) is 19.3. The first-order valence-corrected chi connectivity index (χ1v) is 12.0. The Bertz CT molecular complexity index is 630. The fourth-order valence-electron chi connectivity index (χ4n) is 4.12. The van der Waals surface area contributed by atoms with E-state index in [9.17, 15) is 19.2 Å². The molecule has 0 aromatic rings. The van der Waals surface area contributed by atoms with Gasteiger partial charge in [-0.2, -0.15) is 0 Å². The van der Waals surface area contributed by atoms with Crippen LogP contribution in [0.2, 0.25) is 0 Å². The minimum atomic E-state index is -1.14. The second kappa shape index (κ2) is 12.8. The van der Waals surface area contributed by atoms with E-state index in [1.165, 1.54) is 11.3 Å². The number of ketones is 1. The van der Waals surface area contributed by atoms with Gasteiger partial charge < -0.3 is 14.4 Å². The van der Waals surface area contributed by atoms with Crippen molar-refractivity contribution >= 4 is 23.6 Å². The lowest BCUT2D eigenvalue weighted by molar-refractivity contribution is -0.162. The Morgan fingerprint density at radius 1 is 0.774 bits per heavy atom. The van der Waals surface area contributed by atoms with E-state index in [2.05, 4.69) is 0 Å². The molecule has 2 aliphatic rings. The van der Waals surface area contributed by atoms with Crippen molar-refractivity contribution in [2.75, 3.05) is 19.8 Å². The lowest BCUT2D eigenvalue weighted by atomic mass is 9.87. The van der Waals surface area contributed by atoms with Crippen molar-refractivity contribution in [3.05, 3.63) is 0 Å². The van der Waals surface area contributed by atoms with E-state index < -0.39 is 29.1 Å². The third-order valence-corrected chi connectivity index (χ3v) is 6.21. The van der Waals surface area contributed by atoms with E-state index in [0.29, 0.717) is 26.0 Å². The number of ether oxygens (including phenoxy) is 2. The lowest BCUT2D eigenvalue weighted by Gasteiger charge is -2.35. The third-order valence-electron chi connectivity index (χ3n) is 6.21. The number of esters is 2. The highest BCUT2D eigenvalue weighted by atomic mass is 16.5. The molecule has 1 amide bonds. The molecule has 0 aromatic heterocycles. The molecule has 1 atom stereocenters. The molecule has 2 saturated heterocycles. The molecule has 0 saturated carbocycles. The van der Waals surface area contributed by atoms with Gasteiger partial charge in [0, 0.05) is 13.0 Å². The van der Waals surface area contributed by atoms with Crippen LogP contribution in [-0.2, 0) is 28.7 Å². The highest BCUT2D eigenvalue weighted by Gasteiger charge is 2.42. The average Bonchev–Trinajstić information content (AvgIpc) is 2.76. The largest absolute Gasteiger partial charge is 0.465 e. The van der Waals surface area contributed by atoms with Gasteiger partial charge in [0.1, 0.15) is 12.6 Å². The van der Waals surface area contributed by atoms with Crippen molar-refractivity contribution in [2.24, 2.45) is 5.41 Å². The van der Waals surface area contributed by atoms with Gasteiger partial charge in [0.15, 0.2) is 0 Å². The van der Waals surface area contributed by atoms with E-state index in [-0.39, 0.29) is 12.6 Å². The number of fused-ring (bicyclic) bond motifs is 1. The Labute approximate surface area is 186 Å². The Morgan fingerprint density at radius 2 is 1.39 bits per heavy atom. The van der Waals surface area contributed by atoms with Crippen LogP contribution in [-0.4, -0.2) is 54.3 Å². The quantitative estimate of drug-likeness (QED) is 0.421. The summed E-state index contributed by atoms with van der Waals surface area (Å²) in [4.78, 5) is 51.9. The normalized spacial score (nSPS) is 26.3. The van der Waals surface area contributed by atoms with Crippen LogP contribution >= 0.6 is 0 Å². The van der Waals surface area contributed by atoms with Gasteiger partial charge in [-0.15, -0.1) is 0 Å². The maximum Gasteiger partial charge on any atom is 0.328 e. The first-order valence-electron chi connectivity index (χ1n) is 12.0. The van der Waals surface area contributed by atoms with Gasteiger partial charge in [-0.1, -0.05) is 44.9 Å². The van der Waals surface area contributed by atoms with Gasteiger partial charge in [0.2, 0.25) is 5.78 Å². The first-order chi connectivity index (χ1) is 14.8. The molecule has 7 nitrogen and oxygen atoms in total. The van der Waals surface area contributed by atoms with Crippen LogP contribution in [0.3, 0.4) is 0 Å². The highest BCUT2D eigenvalue weighted by molar-refractivity contribution is 6.38. The molecule has 0 radical (unpaired) electrons. The summed E-state index contributed by atoms with van der Waals surface area (Å²) in [5, 5.41) is 0. The number of Topliss-reactive ketones (excluding diaryl/α,β-unsaturated/α-hetero) is 1. The molecule has 31 heavy (non-hydrogen) atoms. The molecule has 2 fully saturated rings. The number of amides is 1. The molecule has 0 unspecified atom stereocenters. The van der Waals surface area contributed by atoms with Gasteiger partial charge in [0.25, 0.3) is 5.91 Å². The van der Waals surface area contributed by atoms with Gasteiger partial charge in [-0.3, -0.25) is 14.4 Å². The standard InChI is InChI=1S/C24H39NO6/c1-24(2)18-31-20(26)15-10-8-6-4-3-5-7-9-13-17-30-23(29)19-14-11-12-16-25(19)22(28)21(24)27/h19H,3-18H2,1-2H3/t19-/m0/s1. The van der Waals surface area contributed by atoms with E-state index >= 15 is 0 Å². The number of rotatable bonds is 0. The number of hydrogen-bond donors (Lipinski definition) is 0. The topological polar surface area (TPSA) is 90.0 Å². The summed E-state index contributed by atoms with van der Waals surface area (Å²) < 4.78 is 10.8. The summed E-state index contributed by atoms with van der Waals surface area (Å²) >= 11 is 0. The third kappa shape index (κ3) is 8.26. The van der Waals surface area contributed by atoms with Gasteiger partial charge in [0.05, 0.1) is 12.0 Å². The summed E-state index contributed by atoms with van der Waals surface area (Å²) in [6, 6.07) is -0.711. The summed E-state index contributed by atoms with van der Waals surface area (Å²) in [7, 11) is 0. The van der Waals surface area contributed by atoms with E-state index in [0.717, 1.165) is 64.2 Å². The van der Waals surface area contributed by atoms with Gasteiger partial charge in [-0.25, -0.2) is 4.79 Å². The maximum absolute atomic E-state index is 13.0. The predicted octanol–water partition coefficient (Wildman–Crippen LogP) is 3.96. The Kier molecular flexibility index (Phi) is 10.5. The van der Waals surface area contributed by atoms with Crippen LogP contribution in [0.5, 0.6) is 0 Å². The Morgan fingerprint density at radius 3 is 2.06 bits per heavy atom. The summed E-state index contributed by atoms with van der Waals surface area (Å²) in [6.45, 7) is 3.78. The van der Waals surface area contributed by atoms with Crippen molar-refractivity contribution in [1.29, 1.82) is 0 Å². The molecule has 2 heterocycles. The van der Waals surface area contributed by atoms with Gasteiger partial charge >= 0.3 is 11.9 Å². The van der Waals surface area contributed by atoms with E-state index in [1.54, 1.807) is 13.8 Å². The van der Waals surface area contributed by atoms with Crippen LogP contribution in [0.4, 0.5) is 0 Å². The number of nitrogens with zero attached hydrogens (tertiary/aromatic N) is 1. The molecule has 2 rings (SSSR count). The second-order valence-electron chi connectivity index (χ2n) is 9.48. The van der Waals surface area contributed by atoms with Crippen LogP contribution in [0.1, 0.15) is 97.3 Å². The van der Waals surface area contributed by atoms with Crippen molar-refractivity contribution in [1.82, 2.24) is 4.90 Å². The van der Waals surface area contributed by atoms with Crippen molar-refractivity contribution in [2.45, 2.75) is 103 Å². The zero-order valence-corrected chi connectivity index (χ0v) is 19.3. The fourth-order valence-corrected chi connectivity index (χ4v) is 4.12. The second-order valence-corrected chi connectivity index (χ2v) is 9.48. The first kappa shape index (κ1) is 25.3. The summed E-state index contributed by atoms with van der Waals surface area (Å²) in [5.74, 6) is -2.07. The lowest BCUT2D eigenvalue weighted by Crippen LogP contribution is -2.53. The van der Waals surface area contributed by atoms with Crippen molar-refractivity contribution < 1.29 is 28.7 Å². The zero-order chi connectivity index (χ0) is 22.7. The SMILES string of the molecule is CC1(C)COC(=O)CCCCCCCCCCCOC(=O)[C@@H]2CCCCN2C(=O)C1=O. The van der Waals surface area contributed by atoms with Gasteiger partial charge in [-0.05, 0) is 46.0 Å². The molecule has 2 aliphatic heterocycles. The predicted molar refractivity (Wildman–Crippen MR) is 116 cm³/mol. The molecule has 176 valence electrons. The average molecular weight is 438 g/mol. The number of hydrogen-bond acceptors (Lipinski definition) is 6. The highest BCUT2D eigenvalue weighted by Crippen LogP contribution is 2.24. The van der Waals surface area contributed by atoms with E-state index in [1.807, 2.05) is 0 Å². The molecule has 0 spiro atoms. The molecule has 7 heteroatoms. The Balaban J connectivity index is 2.05. The van der Waals surface area contributed by atoms with Crippen molar-refractivity contribution in [3.8, 4) is 0 Å². The van der Waals surface area contributed by atoms with Crippen LogP contribution in [0.25, 0.3) is 0 Å². The number of carbonyl (C=O) groups is 4. The maximum atomic E-state index is 13.0. The number of cyclic esters (lactones) is 2. The minimum absolute atomic E-state index is 0.140. The fraction of sp³-hybridized carbons (Fsp3) is 0.833. The molecule has 0 bridgehead atoms.